The number of ether oxygens (including phenoxy) is 2. The summed E-state index contributed by atoms with van der Waals surface area (Å²) in [5.74, 6) is 0.861. The molecule has 0 saturated heterocycles. The molecule has 0 fully saturated rings. The average molecular weight is 415 g/mol. The molecule has 0 bridgehead atoms. The molecule has 0 N–H and O–H groups in total. The fourth-order valence-corrected chi connectivity index (χ4v) is 3.55. The molecule has 0 amide bonds. The van der Waals surface area contributed by atoms with E-state index in [1.165, 1.54) is 18.4 Å². The van der Waals surface area contributed by atoms with E-state index in [9.17, 15) is 15.3 Å². The van der Waals surface area contributed by atoms with Crippen molar-refractivity contribution in [3.63, 3.8) is 0 Å². The molecule has 7 heteroatoms. The van der Waals surface area contributed by atoms with Crippen molar-refractivity contribution in [3.8, 4) is 23.6 Å². The first-order valence-corrected chi connectivity index (χ1v) is 9.71. The van der Waals surface area contributed by atoms with Crippen molar-refractivity contribution in [1.82, 2.24) is 4.90 Å². The Hall–Kier alpha value is -4.07. The number of carbonyl (C=O) groups excluding carboxylic acids is 1. The number of nitriles is 2. The highest BCUT2D eigenvalue weighted by atomic mass is 32.1. The molecule has 6 nitrogen and oxygen atoms in total. The summed E-state index contributed by atoms with van der Waals surface area (Å²) in [4.78, 5) is 15.4. The third-order valence-corrected chi connectivity index (χ3v) is 5.16. The Balaban J connectivity index is 2.18. The van der Waals surface area contributed by atoms with Crippen molar-refractivity contribution in [2.24, 2.45) is 0 Å². The normalized spacial score (nSPS) is 12.9. The number of thiophene rings is 1. The van der Waals surface area contributed by atoms with E-state index in [1.54, 1.807) is 72.8 Å². The van der Waals surface area contributed by atoms with E-state index < -0.39 is 0 Å². The number of allylic oxidation sites excluding steroid dienone is 5. The minimum atomic E-state index is -0.229. The van der Waals surface area contributed by atoms with Crippen LogP contribution in [0.2, 0.25) is 0 Å². The van der Waals surface area contributed by atoms with Crippen molar-refractivity contribution >= 4 is 23.2 Å². The Labute approximate surface area is 178 Å². The maximum absolute atomic E-state index is 13.3. The van der Waals surface area contributed by atoms with Crippen LogP contribution in [0.4, 0.5) is 0 Å². The van der Waals surface area contributed by atoms with Crippen LogP contribution >= 0.6 is 11.3 Å². The van der Waals surface area contributed by atoms with Gasteiger partial charge in [-0.25, -0.2) is 0 Å². The highest BCUT2D eigenvalue weighted by Gasteiger charge is 2.24. The molecule has 0 saturated carbocycles. The lowest BCUT2D eigenvalue weighted by atomic mass is 10.1. The molecule has 1 aromatic heterocycles. The van der Waals surface area contributed by atoms with Gasteiger partial charge in [0.05, 0.1) is 30.5 Å². The zero-order valence-electron chi connectivity index (χ0n) is 16.3. The summed E-state index contributed by atoms with van der Waals surface area (Å²) in [7, 11) is 3.08. The van der Waals surface area contributed by atoms with Gasteiger partial charge in [0.1, 0.15) is 12.1 Å². The Morgan fingerprint density at radius 2 is 1.87 bits per heavy atom. The third-order valence-electron chi connectivity index (χ3n) is 4.29. The SMILES string of the molecule is COc1ccc(/C=C(/C(=O)c2cccs2)N2C=CC=CC2=C(C#N)C#N)cc1OC. The number of rotatable bonds is 6. The van der Waals surface area contributed by atoms with E-state index in [-0.39, 0.29) is 11.4 Å². The van der Waals surface area contributed by atoms with E-state index in [4.69, 9.17) is 9.47 Å². The van der Waals surface area contributed by atoms with Crippen molar-refractivity contribution in [1.29, 1.82) is 10.5 Å². The Bertz CT molecular complexity index is 1140. The predicted molar refractivity (Wildman–Crippen MR) is 115 cm³/mol. The van der Waals surface area contributed by atoms with E-state index >= 15 is 0 Å². The third kappa shape index (κ3) is 4.17. The molecule has 1 aliphatic heterocycles. The van der Waals surface area contributed by atoms with Crippen LogP contribution in [0.15, 0.2) is 77.1 Å². The van der Waals surface area contributed by atoms with Gasteiger partial charge in [0.15, 0.2) is 17.1 Å². The van der Waals surface area contributed by atoms with Gasteiger partial charge in [-0.05, 0) is 47.4 Å². The molecule has 3 rings (SSSR count). The van der Waals surface area contributed by atoms with E-state index in [1.807, 2.05) is 17.5 Å². The fraction of sp³-hybridized carbons (Fsp3) is 0.0870. The van der Waals surface area contributed by atoms with Gasteiger partial charge in [0.2, 0.25) is 5.78 Å². The number of hydrogen-bond acceptors (Lipinski definition) is 7. The quantitative estimate of drug-likeness (QED) is 0.387. The largest absolute Gasteiger partial charge is 0.493 e. The number of ketones is 1. The van der Waals surface area contributed by atoms with Gasteiger partial charge in [0, 0.05) is 6.20 Å². The standard InChI is InChI=1S/C23H17N3O3S/c1-28-20-9-8-16(13-21(20)29-2)12-19(23(27)22-7-5-11-30-22)26-10-4-3-6-18(26)17(14-24)15-25/h3-13H,1-2H3/b19-12-. The lowest BCUT2D eigenvalue weighted by Gasteiger charge is -2.25. The van der Waals surface area contributed by atoms with Gasteiger partial charge in [-0.1, -0.05) is 18.2 Å². The van der Waals surface area contributed by atoms with Gasteiger partial charge >= 0.3 is 0 Å². The predicted octanol–water partition coefficient (Wildman–Crippen LogP) is 4.68. The number of methoxy groups -OCH3 is 2. The first kappa shape index (κ1) is 20.7. The topological polar surface area (TPSA) is 86.4 Å². The molecule has 1 aromatic carbocycles. The Kier molecular flexibility index (Phi) is 6.49. The lowest BCUT2D eigenvalue weighted by Crippen LogP contribution is -2.23. The maximum Gasteiger partial charge on any atom is 0.219 e. The average Bonchev–Trinajstić information content (AvgIpc) is 3.33. The van der Waals surface area contributed by atoms with Gasteiger partial charge in [-0.15, -0.1) is 11.3 Å². The summed E-state index contributed by atoms with van der Waals surface area (Å²) in [6.07, 6.45) is 8.43. The second-order valence-electron chi connectivity index (χ2n) is 6.00. The summed E-state index contributed by atoms with van der Waals surface area (Å²) in [6.45, 7) is 0. The smallest absolute Gasteiger partial charge is 0.219 e. The first-order chi connectivity index (χ1) is 14.6. The van der Waals surface area contributed by atoms with Crippen molar-refractivity contribution < 1.29 is 14.3 Å². The minimum Gasteiger partial charge on any atom is -0.493 e. The molecule has 0 atom stereocenters. The van der Waals surface area contributed by atoms with Crippen LogP contribution in [-0.4, -0.2) is 24.9 Å². The minimum absolute atomic E-state index is 0.0900. The zero-order chi connectivity index (χ0) is 21.5. The highest BCUT2D eigenvalue weighted by molar-refractivity contribution is 7.12. The second kappa shape index (κ2) is 9.42. The number of Topliss-reactive ketones (excluding diaryl/α,β-unsaturated/α-hetero) is 1. The van der Waals surface area contributed by atoms with E-state index in [0.29, 0.717) is 33.3 Å². The van der Waals surface area contributed by atoms with Crippen LogP contribution in [0.25, 0.3) is 6.08 Å². The molecule has 2 heterocycles. The first-order valence-electron chi connectivity index (χ1n) is 8.83. The van der Waals surface area contributed by atoms with Crippen LogP contribution in [0.5, 0.6) is 11.5 Å². The van der Waals surface area contributed by atoms with Crippen molar-refractivity contribution in [2.45, 2.75) is 0 Å². The number of carbonyl (C=O) groups is 1. The van der Waals surface area contributed by atoms with Crippen LogP contribution in [0.3, 0.4) is 0 Å². The monoisotopic (exact) mass is 415 g/mol. The number of nitrogens with zero attached hydrogens (tertiary/aromatic N) is 3. The van der Waals surface area contributed by atoms with Gasteiger partial charge in [-0.3, -0.25) is 4.79 Å². The highest BCUT2D eigenvalue weighted by Crippen LogP contribution is 2.31. The zero-order valence-corrected chi connectivity index (χ0v) is 17.1. The maximum atomic E-state index is 13.3. The van der Waals surface area contributed by atoms with Gasteiger partial charge in [-0.2, -0.15) is 10.5 Å². The van der Waals surface area contributed by atoms with Gasteiger partial charge < -0.3 is 14.4 Å². The molecule has 30 heavy (non-hydrogen) atoms. The van der Waals surface area contributed by atoms with Crippen molar-refractivity contribution in [2.75, 3.05) is 14.2 Å². The fourth-order valence-electron chi connectivity index (χ4n) is 2.88. The molecule has 2 aromatic rings. The number of hydrogen-bond donors (Lipinski definition) is 0. The Morgan fingerprint density at radius 1 is 1.10 bits per heavy atom. The lowest BCUT2D eigenvalue weighted by molar-refractivity contribution is 0.101. The molecule has 0 aliphatic carbocycles. The summed E-state index contributed by atoms with van der Waals surface area (Å²) >= 11 is 1.32. The molecule has 0 radical (unpaired) electrons. The van der Waals surface area contributed by atoms with E-state index in [2.05, 4.69) is 0 Å². The van der Waals surface area contributed by atoms with Crippen LogP contribution < -0.4 is 9.47 Å². The summed E-state index contributed by atoms with van der Waals surface area (Å²) in [6, 6.07) is 12.6. The van der Waals surface area contributed by atoms with Crippen molar-refractivity contribution in [3.05, 3.63) is 87.5 Å². The summed E-state index contributed by atoms with van der Waals surface area (Å²) < 4.78 is 10.6. The number of benzene rings is 1. The van der Waals surface area contributed by atoms with Crippen LogP contribution in [0, 0.1) is 22.7 Å². The molecular weight excluding hydrogens is 398 g/mol. The summed E-state index contributed by atoms with van der Waals surface area (Å²) in [5, 5.41) is 20.6. The molecule has 1 aliphatic rings. The van der Waals surface area contributed by atoms with Gasteiger partial charge in [0.25, 0.3) is 0 Å². The molecule has 0 spiro atoms. The molecular formula is C23H17N3O3S. The van der Waals surface area contributed by atoms with Crippen LogP contribution in [0.1, 0.15) is 15.2 Å². The molecule has 148 valence electrons. The summed E-state index contributed by atoms with van der Waals surface area (Å²) in [5.41, 5.74) is 1.24. The Morgan fingerprint density at radius 3 is 2.50 bits per heavy atom. The molecule has 0 unspecified atom stereocenters. The van der Waals surface area contributed by atoms with E-state index in [0.717, 1.165) is 0 Å². The van der Waals surface area contributed by atoms with Crippen LogP contribution in [-0.2, 0) is 0 Å². The second-order valence-corrected chi connectivity index (χ2v) is 6.95.